The number of halogens is 9. The highest BCUT2D eigenvalue weighted by atomic mass is 19.4. The highest BCUT2D eigenvalue weighted by Gasteiger charge is 2.70. The summed E-state index contributed by atoms with van der Waals surface area (Å²) < 4.78 is 169. The van der Waals surface area contributed by atoms with Gasteiger partial charge in [-0.25, -0.2) is 14.4 Å². The van der Waals surface area contributed by atoms with Crippen LogP contribution < -0.4 is 0 Å². The van der Waals surface area contributed by atoms with E-state index in [1.54, 1.807) is 45.9 Å². The molecular formula is C60H69F9O9. The van der Waals surface area contributed by atoms with Crippen molar-refractivity contribution in [1.29, 1.82) is 0 Å². The van der Waals surface area contributed by atoms with E-state index in [0.717, 1.165) is 63.3 Å². The van der Waals surface area contributed by atoms with Gasteiger partial charge in [0.15, 0.2) is 0 Å². The van der Waals surface area contributed by atoms with Crippen LogP contribution in [0.25, 0.3) is 0 Å². The van der Waals surface area contributed by atoms with Crippen LogP contribution in [-0.4, -0.2) is 76.1 Å². The van der Waals surface area contributed by atoms with Gasteiger partial charge in [0.25, 0.3) is 16.8 Å². The molecule has 0 radical (unpaired) electrons. The SMILES string of the molecule is COC(C(=O)O[C@H]1C[C@H]2[C@@]3(C)CC[C@H](OC(=O)C(OC)(c4ccccc4)C(F)(F)F)C(C)(C)[C@@H]3CC[C@]2(C)/C1=C(C)/C=C/C=C(\C)[C@H](CC=C(C)C)OC(=O)C(OC)(c1ccccc1)C(F)(F)F)(c1ccccc1)C(F)(F)F. The summed E-state index contributed by atoms with van der Waals surface area (Å²) in [6, 6.07) is 19.2. The Hall–Kier alpha value is -5.72. The van der Waals surface area contributed by atoms with Crippen LogP contribution in [0.2, 0.25) is 0 Å². The summed E-state index contributed by atoms with van der Waals surface area (Å²) in [7, 11) is 2.33. The molecule has 3 aliphatic carbocycles. The summed E-state index contributed by atoms with van der Waals surface area (Å²) in [5.74, 6) is -5.82. The second kappa shape index (κ2) is 22.8. The predicted octanol–water partition coefficient (Wildman–Crippen LogP) is 14.5. The van der Waals surface area contributed by atoms with E-state index in [4.69, 9.17) is 28.4 Å². The van der Waals surface area contributed by atoms with E-state index in [-0.39, 0.29) is 25.2 Å². The highest BCUT2D eigenvalue weighted by Crippen LogP contribution is 2.71. The summed E-state index contributed by atoms with van der Waals surface area (Å²) in [5, 5.41) is 0. The quantitative estimate of drug-likeness (QED) is 0.0429. The van der Waals surface area contributed by atoms with E-state index >= 15 is 26.3 Å². The van der Waals surface area contributed by atoms with Crippen molar-refractivity contribution in [3.05, 3.63) is 154 Å². The van der Waals surface area contributed by atoms with Gasteiger partial charge in [-0.1, -0.05) is 149 Å². The van der Waals surface area contributed by atoms with E-state index in [2.05, 4.69) is 0 Å². The molecule has 0 aromatic heterocycles. The zero-order valence-electron chi connectivity index (χ0n) is 45.7. The third-order valence-electron chi connectivity index (χ3n) is 17.0. The fraction of sp³-hybridized carbons (Fsp3) is 0.517. The number of hydrogen-bond donors (Lipinski definition) is 0. The second-order valence-corrected chi connectivity index (χ2v) is 22.0. The molecule has 3 fully saturated rings. The Morgan fingerprint density at radius 3 is 1.46 bits per heavy atom. The van der Waals surface area contributed by atoms with Crippen LogP contribution in [0.3, 0.4) is 0 Å². The molecule has 0 bridgehead atoms. The Kier molecular flexibility index (Phi) is 18.0. The Labute approximate surface area is 450 Å². The van der Waals surface area contributed by atoms with Crippen LogP contribution in [0.5, 0.6) is 0 Å². The standard InChI is InChI=1S/C60H69F9O9/c1-37(2)30-31-43(76-49(70)55(73-9,58(61,62)63)40-24-15-12-16-25-40)38(3)22-21-23-39(4)48-44(77-50(71)56(74-10,59(64,65)66)41-26-17-13-18-27-41)36-46-53(7)35-33-47(52(5,6)45(53)32-34-54(46,48)8)78-51(72)57(75-11,60(67,68)69)42-28-19-14-20-29-42/h12-30,43-47H,31-36H2,1-11H3/b23-21+,38-22+,48-39+/t43-,44-,45-,46-,47-,53-,54-,55?,56?,57?/m0/s1. The maximum Gasteiger partial charge on any atom is 0.432 e. The maximum atomic E-state index is 15.4. The smallest absolute Gasteiger partial charge is 0.432 e. The molecule has 3 aliphatic rings. The van der Waals surface area contributed by atoms with E-state index < -0.39 is 110 Å². The van der Waals surface area contributed by atoms with E-state index in [1.807, 2.05) is 27.7 Å². The molecule has 0 aliphatic heterocycles. The van der Waals surface area contributed by atoms with Gasteiger partial charge in [-0.05, 0) is 99.2 Å². The van der Waals surface area contributed by atoms with Crippen LogP contribution >= 0.6 is 0 Å². The highest BCUT2D eigenvalue weighted by molar-refractivity contribution is 5.84. The van der Waals surface area contributed by atoms with Crippen molar-refractivity contribution >= 4 is 17.9 Å². The Balaban J connectivity index is 1.41. The van der Waals surface area contributed by atoms with Crippen molar-refractivity contribution < 1.29 is 82.3 Å². The molecule has 0 N–H and O–H groups in total. The lowest BCUT2D eigenvalue weighted by Gasteiger charge is -2.62. The number of fused-ring (bicyclic) bond motifs is 3. The van der Waals surface area contributed by atoms with Crippen LogP contribution in [0, 0.1) is 28.1 Å². The molecule has 3 aromatic carbocycles. The van der Waals surface area contributed by atoms with Gasteiger partial charge in [-0.3, -0.25) is 0 Å². The van der Waals surface area contributed by atoms with Gasteiger partial charge in [0.05, 0.1) is 0 Å². The largest absolute Gasteiger partial charge is 0.459 e. The van der Waals surface area contributed by atoms with Gasteiger partial charge in [0.2, 0.25) is 0 Å². The van der Waals surface area contributed by atoms with Crippen molar-refractivity contribution in [2.45, 2.75) is 148 Å². The molecule has 3 saturated carbocycles. The average molecular weight is 1110 g/mol. The van der Waals surface area contributed by atoms with Crippen molar-refractivity contribution in [2.24, 2.45) is 28.1 Å². The molecule has 0 amide bonds. The van der Waals surface area contributed by atoms with Crippen LogP contribution in [0.15, 0.2) is 138 Å². The Morgan fingerprint density at radius 1 is 0.603 bits per heavy atom. The zero-order valence-corrected chi connectivity index (χ0v) is 45.7. The molecule has 9 nitrogen and oxygen atoms in total. The number of carbonyl (C=O) groups excluding carboxylic acids is 3. The zero-order chi connectivity index (χ0) is 58.1. The molecule has 0 heterocycles. The lowest BCUT2D eigenvalue weighted by Crippen LogP contribution is -2.60. The minimum absolute atomic E-state index is 0.0187. The molecule has 6 rings (SSSR count). The first-order valence-corrected chi connectivity index (χ1v) is 25.7. The number of rotatable bonds is 17. The molecule has 3 aromatic rings. The van der Waals surface area contributed by atoms with Gasteiger partial charge in [0.1, 0.15) is 18.3 Å². The maximum absolute atomic E-state index is 15.4. The first-order chi connectivity index (χ1) is 36.3. The first-order valence-electron chi connectivity index (χ1n) is 25.7. The minimum Gasteiger partial charge on any atom is -0.459 e. The number of methoxy groups -OCH3 is 3. The van der Waals surface area contributed by atoms with Gasteiger partial charge < -0.3 is 28.4 Å². The molecule has 426 valence electrons. The Bertz CT molecular complexity index is 2750. The van der Waals surface area contributed by atoms with Gasteiger partial charge >= 0.3 is 36.4 Å². The summed E-state index contributed by atoms with van der Waals surface area (Å²) in [5.41, 5.74) is -12.4. The number of carbonyl (C=O) groups is 3. The van der Waals surface area contributed by atoms with Crippen molar-refractivity contribution in [2.75, 3.05) is 21.3 Å². The topological polar surface area (TPSA) is 107 Å². The van der Waals surface area contributed by atoms with Gasteiger partial charge in [0, 0.05) is 49.9 Å². The summed E-state index contributed by atoms with van der Waals surface area (Å²) in [6.45, 7) is 14.4. The van der Waals surface area contributed by atoms with E-state index in [1.165, 1.54) is 60.7 Å². The number of ether oxygens (including phenoxy) is 6. The lowest BCUT2D eigenvalue weighted by atomic mass is 9.43. The van der Waals surface area contributed by atoms with Gasteiger partial charge in [-0.15, -0.1) is 0 Å². The number of alkyl halides is 9. The molecule has 18 heteroatoms. The summed E-state index contributed by atoms with van der Waals surface area (Å²) in [4.78, 5) is 42.4. The number of hydrogen-bond acceptors (Lipinski definition) is 9. The first kappa shape index (κ1) is 61.5. The molecule has 0 saturated heterocycles. The normalized spacial score (nSPS) is 26.9. The van der Waals surface area contributed by atoms with Crippen molar-refractivity contribution in [1.82, 2.24) is 0 Å². The van der Waals surface area contributed by atoms with Crippen molar-refractivity contribution in [3.63, 3.8) is 0 Å². The molecule has 0 spiro atoms. The summed E-state index contributed by atoms with van der Waals surface area (Å²) in [6.07, 6.45) is -11.7. The van der Waals surface area contributed by atoms with Crippen LogP contribution in [0.1, 0.15) is 111 Å². The van der Waals surface area contributed by atoms with Crippen LogP contribution in [-0.2, 0) is 59.6 Å². The molecule has 78 heavy (non-hydrogen) atoms. The average Bonchev–Trinajstić information content (AvgIpc) is 3.93. The Morgan fingerprint density at radius 2 is 1.04 bits per heavy atom. The number of esters is 3. The van der Waals surface area contributed by atoms with E-state index in [9.17, 15) is 27.6 Å². The predicted molar refractivity (Wildman–Crippen MR) is 273 cm³/mol. The number of benzene rings is 3. The minimum atomic E-state index is -5.31. The molecular weight excluding hydrogens is 1040 g/mol. The van der Waals surface area contributed by atoms with Gasteiger partial charge in [-0.2, -0.15) is 39.5 Å². The third-order valence-corrected chi connectivity index (χ3v) is 17.0. The van der Waals surface area contributed by atoms with Crippen LogP contribution in [0.4, 0.5) is 39.5 Å². The fourth-order valence-electron chi connectivity index (χ4n) is 13.1. The number of allylic oxidation sites excluding steroid dienone is 5. The monoisotopic (exact) mass is 1100 g/mol. The molecule has 3 unspecified atom stereocenters. The fourth-order valence-corrected chi connectivity index (χ4v) is 13.1. The lowest BCUT2D eigenvalue weighted by molar-refractivity contribution is -0.283. The van der Waals surface area contributed by atoms with E-state index in [0.29, 0.717) is 36.0 Å². The third kappa shape index (κ3) is 10.7. The van der Waals surface area contributed by atoms with Crippen molar-refractivity contribution in [3.8, 4) is 0 Å². The second-order valence-electron chi connectivity index (χ2n) is 22.0. The molecule has 10 atom stereocenters. The summed E-state index contributed by atoms with van der Waals surface area (Å²) >= 11 is 0.